The molecule has 0 rings (SSSR count). The van der Waals surface area contributed by atoms with Crippen LogP contribution in [0.1, 0.15) is 13.3 Å². The Morgan fingerprint density at radius 2 is 2.08 bits per heavy atom. The fourth-order valence-corrected chi connectivity index (χ4v) is 0.877. The summed E-state index contributed by atoms with van der Waals surface area (Å²) in [5.41, 5.74) is 10.4. The smallest absolute Gasteiger partial charge is 0.218 e. The molecule has 0 aliphatic rings. The van der Waals surface area contributed by atoms with E-state index in [0.29, 0.717) is 18.0 Å². The predicted octanol–water partition coefficient (Wildman–Crippen LogP) is -0.532. The van der Waals surface area contributed by atoms with E-state index in [1.54, 1.807) is 0 Å². The number of thiocarbonyl (C=S) groups is 1. The van der Waals surface area contributed by atoms with Crippen LogP contribution in [0.3, 0.4) is 0 Å². The van der Waals surface area contributed by atoms with Crippen LogP contribution in [-0.4, -0.2) is 35.4 Å². The first-order valence-corrected chi connectivity index (χ1v) is 4.14. The van der Waals surface area contributed by atoms with Crippen molar-refractivity contribution in [2.75, 3.05) is 13.6 Å². The number of rotatable bonds is 5. The highest BCUT2D eigenvalue weighted by atomic mass is 32.1. The maximum absolute atomic E-state index is 10.4. The third-order valence-corrected chi connectivity index (χ3v) is 2.12. The van der Waals surface area contributed by atoms with Gasteiger partial charge in [-0.25, -0.2) is 0 Å². The van der Waals surface area contributed by atoms with Crippen molar-refractivity contribution in [1.29, 1.82) is 0 Å². The van der Waals surface area contributed by atoms with Gasteiger partial charge in [-0.3, -0.25) is 9.69 Å². The van der Waals surface area contributed by atoms with Crippen LogP contribution in [-0.2, 0) is 4.79 Å². The van der Waals surface area contributed by atoms with Crippen molar-refractivity contribution in [2.45, 2.75) is 19.4 Å². The van der Waals surface area contributed by atoms with Crippen molar-refractivity contribution in [3.8, 4) is 0 Å². The number of amides is 1. The van der Waals surface area contributed by atoms with Gasteiger partial charge >= 0.3 is 0 Å². The second-order valence-electron chi connectivity index (χ2n) is 2.78. The van der Waals surface area contributed by atoms with Crippen LogP contribution in [0.2, 0.25) is 0 Å². The molecule has 1 amide bonds. The third-order valence-electron chi connectivity index (χ3n) is 1.78. The summed E-state index contributed by atoms with van der Waals surface area (Å²) < 4.78 is 0. The lowest BCUT2D eigenvalue weighted by Crippen LogP contribution is -2.40. The summed E-state index contributed by atoms with van der Waals surface area (Å²) in [6.45, 7) is 2.48. The Balaban J connectivity index is 3.79. The number of hydrogen-bond donors (Lipinski definition) is 2. The Morgan fingerprint density at radius 3 is 2.42 bits per heavy atom. The molecule has 0 aromatic rings. The van der Waals surface area contributed by atoms with Crippen molar-refractivity contribution in [3.63, 3.8) is 0 Å². The fourth-order valence-electron chi connectivity index (χ4n) is 0.697. The summed E-state index contributed by atoms with van der Waals surface area (Å²) in [5.74, 6) is -0.308. The number of carbonyl (C=O) groups excluding carboxylic acids is 1. The zero-order valence-electron chi connectivity index (χ0n) is 7.41. The summed E-state index contributed by atoms with van der Waals surface area (Å²) in [7, 11) is 1.85. The van der Waals surface area contributed by atoms with Gasteiger partial charge in [0.1, 0.15) is 0 Å². The number of nitrogens with zero attached hydrogens (tertiary/aromatic N) is 1. The minimum Gasteiger partial charge on any atom is -0.392 e. The molecule has 0 fully saturated rings. The lowest BCUT2D eigenvalue weighted by atomic mass is 10.3. The first-order chi connectivity index (χ1) is 5.45. The maximum atomic E-state index is 10.4. The van der Waals surface area contributed by atoms with Crippen LogP contribution in [0, 0.1) is 0 Å². The van der Waals surface area contributed by atoms with Gasteiger partial charge in [-0.2, -0.15) is 0 Å². The van der Waals surface area contributed by atoms with Gasteiger partial charge < -0.3 is 11.5 Å². The van der Waals surface area contributed by atoms with Crippen molar-refractivity contribution >= 4 is 23.1 Å². The molecule has 0 aliphatic heterocycles. The highest BCUT2D eigenvalue weighted by Gasteiger charge is 2.11. The molecule has 12 heavy (non-hydrogen) atoms. The molecule has 0 heterocycles. The van der Waals surface area contributed by atoms with Gasteiger partial charge in [0.15, 0.2) is 0 Å². The van der Waals surface area contributed by atoms with E-state index in [2.05, 4.69) is 0 Å². The van der Waals surface area contributed by atoms with Crippen molar-refractivity contribution in [3.05, 3.63) is 0 Å². The van der Waals surface area contributed by atoms with E-state index in [-0.39, 0.29) is 11.9 Å². The predicted molar refractivity (Wildman–Crippen MR) is 52.7 cm³/mol. The van der Waals surface area contributed by atoms with E-state index in [1.165, 1.54) is 0 Å². The summed E-state index contributed by atoms with van der Waals surface area (Å²) in [5, 5.41) is 0. The van der Waals surface area contributed by atoms with Gasteiger partial charge in [-0.1, -0.05) is 12.2 Å². The molecule has 5 heteroatoms. The zero-order valence-corrected chi connectivity index (χ0v) is 8.23. The summed E-state index contributed by atoms with van der Waals surface area (Å²) in [6, 6.07) is 0.0133. The SMILES string of the molecule is CC(C(N)=S)N(C)CCC(N)=O. The first kappa shape index (κ1) is 11.3. The van der Waals surface area contributed by atoms with E-state index in [0.717, 1.165) is 0 Å². The maximum Gasteiger partial charge on any atom is 0.218 e. The quantitative estimate of drug-likeness (QED) is 0.570. The minimum absolute atomic E-state index is 0.0133. The Bertz CT molecular complexity index is 183. The van der Waals surface area contributed by atoms with Gasteiger partial charge in [0.2, 0.25) is 5.91 Å². The van der Waals surface area contributed by atoms with Crippen molar-refractivity contribution in [2.24, 2.45) is 11.5 Å². The molecule has 0 saturated heterocycles. The molecule has 1 unspecified atom stereocenters. The number of likely N-dealkylation sites (N-methyl/N-ethyl adjacent to an activating group) is 1. The molecular formula is C7H15N3OS. The van der Waals surface area contributed by atoms with E-state index >= 15 is 0 Å². The Kier molecular flexibility index (Phi) is 4.77. The Hall–Kier alpha value is -0.680. The summed E-state index contributed by atoms with van der Waals surface area (Å²) in [6.07, 6.45) is 0.337. The molecule has 0 spiro atoms. The third kappa shape index (κ3) is 4.25. The van der Waals surface area contributed by atoms with Crippen LogP contribution in [0.15, 0.2) is 0 Å². The normalized spacial score (nSPS) is 12.9. The monoisotopic (exact) mass is 189 g/mol. The first-order valence-electron chi connectivity index (χ1n) is 3.73. The highest BCUT2D eigenvalue weighted by molar-refractivity contribution is 7.80. The molecule has 4 nitrogen and oxygen atoms in total. The summed E-state index contributed by atoms with van der Waals surface area (Å²) >= 11 is 4.79. The van der Waals surface area contributed by atoms with Crippen LogP contribution < -0.4 is 11.5 Å². The van der Waals surface area contributed by atoms with Crippen LogP contribution in [0.4, 0.5) is 0 Å². The number of primary amides is 1. The molecule has 0 radical (unpaired) electrons. The zero-order chi connectivity index (χ0) is 9.72. The van der Waals surface area contributed by atoms with Gasteiger partial charge in [-0.15, -0.1) is 0 Å². The van der Waals surface area contributed by atoms with E-state index in [4.69, 9.17) is 23.7 Å². The van der Waals surface area contributed by atoms with Crippen LogP contribution in [0.25, 0.3) is 0 Å². The van der Waals surface area contributed by atoms with Gasteiger partial charge in [0.05, 0.1) is 11.0 Å². The minimum atomic E-state index is -0.308. The molecule has 0 aliphatic carbocycles. The van der Waals surface area contributed by atoms with Gasteiger partial charge in [-0.05, 0) is 14.0 Å². The molecule has 0 aromatic carbocycles. The van der Waals surface area contributed by atoms with Crippen molar-refractivity contribution < 1.29 is 4.79 Å². The molecular weight excluding hydrogens is 174 g/mol. The second-order valence-corrected chi connectivity index (χ2v) is 3.25. The average Bonchev–Trinajstić information content (AvgIpc) is 1.98. The Morgan fingerprint density at radius 1 is 1.58 bits per heavy atom. The highest BCUT2D eigenvalue weighted by Crippen LogP contribution is 1.96. The molecule has 4 N–H and O–H groups in total. The Labute approximate surface area is 77.9 Å². The number of nitrogens with two attached hydrogens (primary N) is 2. The molecule has 70 valence electrons. The lowest BCUT2D eigenvalue weighted by Gasteiger charge is -2.22. The standard InChI is InChI=1S/C7H15N3OS/c1-5(7(9)12)10(2)4-3-6(8)11/h5H,3-4H2,1-2H3,(H2,8,11)(H2,9,12). The fraction of sp³-hybridized carbons (Fsp3) is 0.714. The van der Waals surface area contributed by atoms with Crippen LogP contribution >= 0.6 is 12.2 Å². The molecule has 0 aromatic heterocycles. The largest absolute Gasteiger partial charge is 0.392 e. The van der Waals surface area contributed by atoms with E-state index in [1.807, 2.05) is 18.9 Å². The van der Waals surface area contributed by atoms with Gasteiger partial charge in [0, 0.05) is 13.0 Å². The van der Waals surface area contributed by atoms with E-state index in [9.17, 15) is 4.79 Å². The number of hydrogen-bond acceptors (Lipinski definition) is 3. The molecule has 1 atom stereocenters. The van der Waals surface area contributed by atoms with Crippen molar-refractivity contribution in [1.82, 2.24) is 4.90 Å². The summed E-state index contributed by atoms with van der Waals surface area (Å²) in [4.78, 5) is 12.8. The van der Waals surface area contributed by atoms with Crippen LogP contribution in [0.5, 0.6) is 0 Å². The van der Waals surface area contributed by atoms with E-state index < -0.39 is 0 Å². The lowest BCUT2D eigenvalue weighted by molar-refractivity contribution is -0.118. The average molecular weight is 189 g/mol. The molecule has 0 saturated carbocycles. The van der Waals surface area contributed by atoms with Gasteiger partial charge in [0.25, 0.3) is 0 Å². The second kappa shape index (κ2) is 5.05. The molecule has 0 bridgehead atoms. The number of carbonyl (C=O) groups is 1. The topological polar surface area (TPSA) is 72.3 Å².